The lowest BCUT2D eigenvalue weighted by atomic mass is 9.82. The zero-order valence-electron chi connectivity index (χ0n) is 11.4. The van der Waals surface area contributed by atoms with Gasteiger partial charge in [0, 0.05) is 0 Å². The number of hydrogen-bond donors (Lipinski definition) is 1. The van der Waals surface area contributed by atoms with Crippen molar-refractivity contribution in [2.24, 2.45) is 0 Å². The Labute approximate surface area is 111 Å². The summed E-state index contributed by atoms with van der Waals surface area (Å²) in [5.74, 6) is -1.34. The fourth-order valence-electron chi connectivity index (χ4n) is 1.76. The maximum Gasteiger partial charge on any atom is 0.408 e. The lowest BCUT2D eigenvalue weighted by molar-refractivity contribution is -0.149. The van der Waals surface area contributed by atoms with Crippen molar-refractivity contribution in [1.82, 2.24) is 5.32 Å². The number of methoxy groups -OCH3 is 2. The Bertz CT molecular complexity index is 363. The molecule has 1 rings (SSSR count). The van der Waals surface area contributed by atoms with E-state index in [4.69, 9.17) is 4.74 Å². The summed E-state index contributed by atoms with van der Waals surface area (Å²) in [6, 6.07) is -1.10. The van der Waals surface area contributed by atoms with Crippen molar-refractivity contribution >= 4 is 18.0 Å². The Balaban J connectivity index is 2.53. The molecule has 0 spiro atoms. The van der Waals surface area contributed by atoms with E-state index in [0.29, 0.717) is 0 Å². The van der Waals surface area contributed by atoms with Crippen LogP contribution in [0, 0.1) is 0 Å². The molecule has 7 nitrogen and oxygen atoms in total. The van der Waals surface area contributed by atoms with Crippen molar-refractivity contribution < 1.29 is 28.6 Å². The molecule has 1 amide bonds. The van der Waals surface area contributed by atoms with Gasteiger partial charge in [0.1, 0.15) is 11.6 Å². The molecule has 1 fully saturated rings. The van der Waals surface area contributed by atoms with Crippen LogP contribution in [0.2, 0.25) is 0 Å². The van der Waals surface area contributed by atoms with Crippen LogP contribution in [0.5, 0.6) is 0 Å². The first-order chi connectivity index (χ1) is 8.90. The minimum absolute atomic E-state index is 0.297. The van der Waals surface area contributed by atoms with Gasteiger partial charge in [0.2, 0.25) is 0 Å². The lowest BCUT2D eigenvalue weighted by Crippen LogP contribution is -2.48. The molecule has 1 saturated carbocycles. The van der Waals surface area contributed by atoms with Gasteiger partial charge in [0.25, 0.3) is 0 Å². The van der Waals surface area contributed by atoms with E-state index in [1.54, 1.807) is 0 Å². The SMILES string of the molecule is COC(=O)C[C@H](NC(=O)OC1(C)CCC1)C(=O)OC. The summed E-state index contributed by atoms with van der Waals surface area (Å²) < 4.78 is 14.2. The molecule has 1 N–H and O–H groups in total. The zero-order chi connectivity index (χ0) is 14.5. The molecule has 0 radical (unpaired) electrons. The van der Waals surface area contributed by atoms with E-state index in [9.17, 15) is 14.4 Å². The maximum atomic E-state index is 11.7. The van der Waals surface area contributed by atoms with E-state index >= 15 is 0 Å². The molecule has 1 aliphatic carbocycles. The number of alkyl carbamates (subject to hydrolysis) is 1. The van der Waals surface area contributed by atoms with E-state index < -0.39 is 29.7 Å². The Hall–Kier alpha value is -1.79. The third-order valence-electron chi connectivity index (χ3n) is 3.13. The van der Waals surface area contributed by atoms with Gasteiger partial charge in [-0.1, -0.05) is 0 Å². The number of amides is 1. The summed E-state index contributed by atoms with van der Waals surface area (Å²) in [7, 11) is 2.37. The lowest BCUT2D eigenvalue weighted by Gasteiger charge is -2.37. The van der Waals surface area contributed by atoms with Crippen LogP contribution in [-0.2, 0) is 23.8 Å². The Kier molecular flexibility index (Phi) is 5.14. The van der Waals surface area contributed by atoms with Gasteiger partial charge in [-0.3, -0.25) is 4.79 Å². The first kappa shape index (κ1) is 15.3. The summed E-state index contributed by atoms with van der Waals surface area (Å²) >= 11 is 0. The van der Waals surface area contributed by atoms with Gasteiger partial charge >= 0.3 is 18.0 Å². The van der Waals surface area contributed by atoms with E-state index in [2.05, 4.69) is 14.8 Å². The van der Waals surface area contributed by atoms with Crippen molar-refractivity contribution in [2.45, 2.75) is 44.2 Å². The zero-order valence-corrected chi connectivity index (χ0v) is 11.4. The Morgan fingerprint density at radius 2 is 1.84 bits per heavy atom. The number of rotatable bonds is 5. The van der Waals surface area contributed by atoms with Gasteiger partial charge < -0.3 is 19.5 Å². The van der Waals surface area contributed by atoms with Gasteiger partial charge in [-0.2, -0.15) is 0 Å². The molecule has 7 heteroatoms. The normalized spacial score (nSPS) is 17.6. The van der Waals surface area contributed by atoms with Gasteiger partial charge in [-0.05, 0) is 26.2 Å². The molecule has 0 aromatic rings. The van der Waals surface area contributed by atoms with Crippen LogP contribution in [0.4, 0.5) is 4.79 Å². The number of nitrogens with one attached hydrogen (secondary N) is 1. The number of hydrogen-bond acceptors (Lipinski definition) is 6. The molecule has 0 aromatic carbocycles. The highest BCUT2D eigenvalue weighted by Crippen LogP contribution is 2.34. The standard InChI is InChI=1S/C12H19NO6/c1-12(5-4-6-12)19-11(16)13-8(10(15)18-3)7-9(14)17-2/h8H,4-7H2,1-3H3,(H,13,16)/t8-/m0/s1. The van der Waals surface area contributed by atoms with Crippen LogP contribution in [0.15, 0.2) is 0 Å². The molecule has 0 aromatic heterocycles. The molecule has 108 valence electrons. The number of carbonyl (C=O) groups excluding carboxylic acids is 3. The van der Waals surface area contributed by atoms with Crippen molar-refractivity contribution in [1.29, 1.82) is 0 Å². The second kappa shape index (κ2) is 6.40. The fourth-order valence-corrected chi connectivity index (χ4v) is 1.76. The second-order valence-electron chi connectivity index (χ2n) is 4.69. The second-order valence-corrected chi connectivity index (χ2v) is 4.69. The summed E-state index contributed by atoms with van der Waals surface area (Å²) in [4.78, 5) is 34.3. The van der Waals surface area contributed by atoms with Gasteiger partial charge in [0.05, 0.1) is 20.6 Å². The molecular formula is C12H19NO6. The highest BCUT2D eigenvalue weighted by Gasteiger charge is 2.37. The molecule has 19 heavy (non-hydrogen) atoms. The van der Waals surface area contributed by atoms with Crippen molar-refractivity contribution in [3.63, 3.8) is 0 Å². The Morgan fingerprint density at radius 1 is 1.21 bits per heavy atom. The summed E-state index contributed by atoms with van der Waals surface area (Å²) in [6.07, 6.45) is 1.56. The predicted molar refractivity (Wildman–Crippen MR) is 64.3 cm³/mol. The quantitative estimate of drug-likeness (QED) is 0.587. The average molecular weight is 273 g/mol. The molecule has 0 aliphatic heterocycles. The first-order valence-electron chi connectivity index (χ1n) is 6.04. The molecule has 0 heterocycles. The average Bonchev–Trinajstić information content (AvgIpc) is 2.34. The van der Waals surface area contributed by atoms with Crippen LogP contribution < -0.4 is 5.32 Å². The van der Waals surface area contributed by atoms with E-state index in [1.165, 1.54) is 14.2 Å². The first-order valence-corrected chi connectivity index (χ1v) is 6.04. The number of ether oxygens (including phenoxy) is 3. The molecule has 0 unspecified atom stereocenters. The van der Waals surface area contributed by atoms with E-state index in [0.717, 1.165) is 19.3 Å². The minimum Gasteiger partial charge on any atom is -0.469 e. The predicted octanol–water partition coefficient (Wildman–Crippen LogP) is 0.760. The van der Waals surface area contributed by atoms with E-state index in [1.807, 2.05) is 6.92 Å². The van der Waals surface area contributed by atoms with Gasteiger partial charge in [0.15, 0.2) is 0 Å². The summed E-state index contributed by atoms with van der Waals surface area (Å²) in [5.41, 5.74) is -0.476. The van der Waals surface area contributed by atoms with Crippen LogP contribution in [0.25, 0.3) is 0 Å². The van der Waals surface area contributed by atoms with Crippen molar-refractivity contribution in [3.05, 3.63) is 0 Å². The highest BCUT2D eigenvalue weighted by atomic mass is 16.6. The molecule has 0 bridgehead atoms. The minimum atomic E-state index is -1.10. The fraction of sp³-hybridized carbons (Fsp3) is 0.750. The van der Waals surface area contributed by atoms with Crippen LogP contribution in [0.1, 0.15) is 32.6 Å². The van der Waals surface area contributed by atoms with Crippen LogP contribution in [0.3, 0.4) is 0 Å². The summed E-state index contributed by atoms with van der Waals surface area (Å²) in [6.45, 7) is 1.82. The van der Waals surface area contributed by atoms with Crippen molar-refractivity contribution in [3.8, 4) is 0 Å². The third kappa shape index (κ3) is 4.42. The Morgan fingerprint density at radius 3 is 2.26 bits per heavy atom. The number of carbonyl (C=O) groups is 3. The molecular weight excluding hydrogens is 254 g/mol. The molecule has 1 atom stereocenters. The van der Waals surface area contributed by atoms with Gasteiger partial charge in [-0.25, -0.2) is 9.59 Å². The van der Waals surface area contributed by atoms with Crippen molar-refractivity contribution in [2.75, 3.05) is 14.2 Å². The van der Waals surface area contributed by atoms with Crippen LogP contribution in [-0.4, -0.2) is 43.9 Å². The van der Waals surface area contributed by atoms with E-state index in [-0.39, 0.29) is 6.42 Å². The summed E-state index contributed by atoms with van der Waals surface area (Å²) in [5, 5.41) is 2.32. The molecule has 1 aliphatic rings. The van der Waals surface area contributed by atoms with Gasteiger partial charge in [-0.15, -0.1) is 0 Å². The third-order valence-corrected chi connectivity index (χ3v) is 3.13. The topological polar surface area (TPSA) is 90.9 Å². The largest absolute Gasteiger partial charge is 0.469 e. The van der Waals surface area contributed by atoms with Crippen LogP contribution >= 0.6 is 0 Å². The maximum absolute atomic E-state index is 11.7. The highest BCUT2D eigenvalue weighted by molar-refractivity contribution is 5.86. The number of esters is 2. The smallest absolute Gasteiger partial charge is 0.408 e. The monoisotopic (exact) mass is 273 g/mol. The molecule has 0 saturated heterocycles.